The molecule has 0 aliphatic heterocycles. The van der Waals surface area contributed by atoms with Gasteiger partial charge in [0.2, 0.25) is 5.28 Å². The van der Waals surface area contributed by atoms with Gasteiger partial charge in [-0.05, 0) is 35.2 Å². The summed E-state index contributed by atoms with van der Waals surface area (Å²) in [4.78, 5) is 13.6. The van der Waals surface area contributed by atoms with Gasteiger partial charge < -0.3 is 4.90 Å². The Morgan fingerprint density at radius 1 is 0.889 bits per heavy atom. The molecular weight excluding hydrogens is 374 g/mol. The van der Waals surface area contributed by atoms with Gasteiger partial charge in [-0.25, -0.2) is 4.98 Å². The Morgan fingerprint density at radius 2 is 1.48 bits per heavy atom. The monoisotopic (exact) mass is 393 g/mol. The Kier molecular flexibility index (Phi) is 5.37. The number of fused-ring (bicyclic) bond motifs is 1. The zero-order chi connectivity index (χ0) is 18.6. The van der Waals surface area contributed by atoms with Crippen molar-refractivity contribution in [2.75, 3.05) is 4.90 Å². The molecule has 0 radical (unpaired) electrons. The standard InChI is InChI=1S/C22H20ClN3S/c1-2-18-13-19-20(24-22(23)25-21(19)27-18)26(14-16-9-5-3-6-10-16)15-17-11-7-4-8-12-17/h3-13H,2,14-15H2,1H3. The zero-order valence-corrected chi connectivity index (χ0v) is 16.7. The van der Waals surface area contributed by atoms with Crippen molar-refractivity contribution >= 4 is 39.0 Å². The summed E-state index contributed by atoms with van der Waals surface area (Å²) in [6, 6.07) is 23.1. The maximum atomic E-state index is 6.28. The molecule has 0 atom stereocenters. The van der Waals surface area contributed by atoms with E-state index in [0.717, 1.165) is 35.5 Å². The molecule has 0 saturated carbocycles. The average molecular weight is 394 g/mol. The van der Waals surface area contributed by atoms with E-state index in [1.807, 2.05) is 12.1 Å². The molecule has 0 spiro atoms. The predicted molar refractivity (Wildman–Crippen MR) is 115 cm³/mol. The van der Waals surface area contributed by atoms with E-state index >= 15 is 0 Å². The highest BCUT2D eigenvalue weighted by molar-refractivity contribution is 7.18. The van der Waals surface area contributed by atoms with Gasteiger partial charge in [-0.2, -0.15) is 4.98 Å². The number of benzene rings is 2. The third kappa shape index (κ3) is 4.12. The molecule has 5 heteroatoms. The topological polar surface area (TPSA) is 29.0 Å². The van der Waals surface area contributed by atoms with Crippen molar-refractivity contribution in [3.05, 3.63) is 88.0 Å². The van der Waals surface area contributed by atoms with Crippen molar-refractivity contribution in [3.63, 3.8) is 0 Å². The van der Waals surface area contributed by atoms with Crippen LogP contribution in [0, 0.1) is 0 Å². The molecule has 4 aromatic rings. The minimum absolute atomic E-state index is 0.299. The highest BCUT2D eigenvalue weighted by atomic mass is 35.5. The molecule has 4 rings (SSSR count). The van der Waals surface area contributed by atoms with Crippen LogP contribution in [0.1, 0.15) is 22.9 Å². The highest BCUT2D eigenvalue weighted by Crippen LogP contribution is 2.33. The summed E-state index contributed by atoms with van der Waals surface area (Å²) < 4.78 is 0. The summed E-state index contributed by atoms with van der Waals surface area (Å²) in [5, 5.41) is 1.38. The largest absolute Gasteiger partial charge is 0.347 e. The maximum absolute atomic E-state index is 6.28. The zero-order valence-electron chi connectivity index (χ0n) is 15.1. The van der Waals surface area contributed by atoms with Crippen molar-refractivity contribution in [1.29, 1.82) is 0 Å². The Hall–Kier alpha value is -2.43. The number of anilines is 1. The molecule has 0 amide bonds. The number of nitrogens with zero attached hydrogens (tertiary/aromatic N) is 3. The van der Waals surface area contributed by atoms with Gasteiger partial charge >= 0.3 is 0 Å². The smallest absolute Gasteiger partial charge is 0.225 e. The molecule has 136 valence electrons. The third-order valence-corrected chi connectivity index (χ3v) is 5.82. The highest BCUT2D eigenvalue weighted by Gasteiger charge is 2.17. The van der Waals surface area contributed by atoms with Gasteiger partial charge in [0.1, 0.15) is 10.6 Å². The molecule has 27 heavy (non-hydrogen) atoms. The number of aryl methyl sites for hydroxylation is 1. The number of halogens is 1. The summed E-state index contributed by atoms with van der Waals surface area (Å²) >= 11 is 7.98. The lowest BCUT2D eigenvalue weighted by Gasteiger charge is -2.25. The molecule has 2 heterocycles. The number of aromatic nitrogens is 2. The summed E-state index contributed by atoms with van der Waals surface area (Å²) in [6.45, 7) is 3.68. The lowest BCUT2D eigenvalue weighted by atomic mass is 10.1. The second-order valence-electron chi connectivity index (χ2n) is 6.43. The average Bonchev–Trinajstić information content (AvgIpc) is 3.11. The molecule has 0 N–H and O–H groups in total. The van der Waals surface area contributed by atoms with Crippen LogP contribution in [-0.4, -0.2) is 9.97 Å². The quantitative estimate of drug-likeness (QED) is 0.370. The number of thiophene rings is 1. The van der Waals surface area contributed by atoms with Gasteiger partial charge in [-0.15, -0.1) is 11.3 Å². The van der Waals surface area contributed by atoms with Crippen molar-refractivity contribution < 1.29 is 0 Å². The van der Waals surface area contributed by atoms with Crippen LogP contribution in [0.4, 0.5) is 5.82 Å². The summed E-state index contributed by atoms with van der Waals surface area (Å²) in [6.07, 6.45) is 0.982. The second-order valence-corrected chi connectivity index (χ2v) is 7.88. The van der Waals surface area contributed by atoms with Crippen LogP contribution in [-0.2, 0) is 19.5 Å². The van der Waals surface area contributed by atoms with Crippen LogP contribution in [0.3, 0.4) is 0 Å². The second kappa shape index (κ2) is 8.07. The first-order chi connectivity index (χ1) is 13.2. The molecule has 0 aliphatic carbocycles. The first-order valence-corrected chi connectivity index (χ1v) is 10.2. The van der Waals surface area contributed by atoms with Crippen molar-refractivity contribution in [2.24, 2.45) is 0 Å². The van der Waals surface area contributed by atoms with Crippen LogP contribution in [0.15, 0.2) is 66.7 Å². The van der Waals surface area contributed by atoms with Crippen LogP contribution < -0.4 is 4.90 Å². The molecule has 0 aliphatic rings. The third-order valence-electron chi connectivity index (χ3n) is 4.48. The number of hydrogen-bond acceptors (Lipinski definition) is 4. The van der Waals surface area contributed by atoms with Crippen molar-refractivity contribution in [2.45, 2.75) is 26.4 Å². The number of rotatable bonds is 6. The van der Waals surface area contributed by atoms with E-state index in [0.29, 0.717) is 5.28 Å². The fourth-order valence-corrected chi connectivity index (χ4v) is 4.34. The van der Waals surface area contributed by atoms with Gasteiger partial charge in [0, 0.05) is 18.0 Å². The van der Waals surface area contributed by atoms with E-state index in [9.17, 15) is 0 Å². The Bertz CT molecular complexity index is 990. The molecule has 0 fully saturated rings. The molecule has 0 saturated heterocycles. The van der Waals surface area contributed by atoms with Crippen molar-refractivity contribution in [3.8, 4) is 0 Å². The lowest BCUT2D eigenvalue weighted by molar-refractivity contribution is 0.786. The minimum atomic E-state index is 0.299. The van der Waals surface area contributed by atoms with Crippen LogP contribution in [0.25, 0.3) is 10.2 Å². The Balaban J connectivity index is 1.79. The van der Waals surface area contributed by atoms with E-state index in [-0.39, 0.29) is 0 Å². The number of hydrogen-bond donors (Lipinski definition) is 0. The normalized spacial score (nSPS) is 11.0. The van der Waals surface area contributed by atoms with E-state index in [1.54, 1.807) is 11.3 Å². The fourth-order valence-electron chi connectivity index (χ4n) is 3.16. The van der Waals surface area contributed by atoms with Crippen molar-refractivity contribution in [1.82, 2.24) is 9.97 Å². The minimum Gasteiger partial charge on any atom is -0.347 e. The fraction of sp³-hybridized carbons (Fsp3) is 0.182. The van der Waals surface area contributed by atoms with E-state index in [4.69, 9.17) is 11.6 Å². The van der Waals surface area contributed by atoms with Crippen LogP contribution in [0.5, 0.6) is 0 Å². The Morgan fingerprint density at radius 3 is 2.04 bits per heavy atom. The van der Waals surface area contributed by atoms with E-state index < -0.39 is 0 Å². The molecule has 3 nitrogen and oxygen atoms in total. The molecule has 2 aromatic carbocycles. The Labute approximate surface area is 168 Å². The van der Waals surface area contributed by atoms with E-state index in [2.05, 4.69) is 76.4 Å². The SMILES string of the molecule is CCc1cc2c(N(Cc3ccccc3)Cc3ccccc3)nc(Cl)nc2s1. The van der Waals surface area contributed by atoms with Gasteiger partial charge in [0.05, 0.1) is 5.39 Å². The maximum Gasteiger partial charge on any atom is 0.225 e. The van der Waals surface area contributed by atoms with E-state index in [1.165, 1.54) is 16.0 Å². The molecular formula is C22H20ClN3S. The van der Waals surface area contributed by atoms with Gasteiger partial charge in [-0.3, -0.25) is 0 Å². The lowest BCUT2D eigenvalue weighted by Crippen LogP contribution is -2.23. The molecule has 2 aromatic heterocycles. The van der Waals surface area contributed by atoms with Gasteiger partial charge in [0.25, 0.3) is 0 Å². The predicted octanol–water partition coefficient (Wildman–Crippen LogP) is 6.11. The summed E-state index contributed by atoms with van der Waals surface area (Å²) in [7, 11) is 0. The summed E-state index contributed by atoms with van der Waals surface area (Å²) in [5.41, 5.74) is 2.48. The van der Waals surface area contributed by atoms with Crippen LogP contribution >= 0.6 is 22.9 Å². The first-order valence-electron chi connectivity index (χ1n) is 9.01. The molecule has 0 unspecified atom stereocenters. The van der Waals surface area contributed by atoms with Gasteiger partial charge in [0.15, 0.2) is 0 Å². The first kappa shape index (κ1) is 18.0. The van der Waals surface area contributed by atoms with Crippen LogP contribution in [0.2, 0.25) is 5.28 Å². The molecule has 0 bridgehead atoms. The summed E-state index contributed by atoms with van der Waals surface area (Å²) in [5.74, 6) is 0.897. The van der Waals surface area contributed by atoms with Gasteiger partial charge in [-0.1, -0.05) is 67.6 Å².